The summed E-state index contributed by atoms with van der Waals surface area (Å²) in [7, 11) is 3.12. The maximum absolute atomic E-state index is 13.1. The number of hydrogen-bond donors (Lipinski definition) is 0. The molecule has 3 aromatic rings. The van der Waals surface area contributed by atoms with E-state index >= 15 is 0 Å². The molecule has 2 aliphatic rings. The summed E-state index contributed by atoms with van der Waals surface area (Å²) in [4.78, 5) is 29.5. The molecule has 0 bridgehead atoms. The molecule has 2 heterocycles. The van der Waals surface area contributed by atoms with Crippen molar-refractivity contribution < 1.29 is 19.1 Å². The quantitative estimate of drug-likeness (QED) is 0.595. The Morgan fingerprint density at radius 3 is 2.12 bits per heavy atom. The van der Waals surface area contributed by atoms with Crippen LogP contribution in [-0.2, 0) is 26.2 Å². The van der Waals surface area contributed by atoms with Crippen LogP contribution in [0.3, 0.4) is 0 Å². The highest BCUT2D eigenvalue weighted by molar-refractivity contribution is 6.02. The molecular formula is C26H24N2O4. The average Bonchev–Trinajstić information content (AvgIpc) is 3.30. The fraction of sp³-hybridized carbons (Fsp3) is 0.231. The van der Waals surface area contributed by atoms with Gasteiger partial charge in [0.05, 0.1) is 19.8 Å². The first-order valence-electron chi connectivity index (χ1n) is 10.6. The lowest BCUT2D eigenvalue weighted by atomic mass is 10.1. The molecule has 162 valence electrons. The summed E-state index contributed by atoms with van der Waals surface area (Å²) in [5.41, 5.74) is 5.44. The highest BCUT2D eigenvalue weighted by atomic mass is 16.5. The van der Waals surface area contributed by atoms with E-state index in [0.29, 0.717) is 43.2 Å². The van der Waals surface area contributed by atoms with E-state index in [9.17, 15) is 9.59 Å². The Morgan fingerprint density at radius 1 is 0.750 bits per heavy atom. The Labute approximate surface area is 187 Å². The van der Waals surface area contributed by atoms with Gasteiger partial charge in [-0.1, -0.05) is 48.5 Å². The molecule has 0 atom stereocenters. The van der Waals surface area contributed by atoms with Crippen molar-refractivity contribution in [3.63, 3.8) is 0 Å². The molecule has 0 N–H and O–H groups in total. The zero-order chi connectivity index (χ0) is 22.2. The van der Waals surface area contributed by atoms with Crippen LogP contribution in [0.4, 0.5) is 0 Å². The Balaban J connectivity index is 1.32. The number of benzene rings is 3. The van der Waals surface area contributed by atoms with Crippen LogP contribution in [0.1, 0.15) is 43.0 Å². The van der Waals surface area contributed by atoms with Crippen molar-refractivity contribution in [2.75, 3.05) is 14.2 Å². The van der Waals surface area contributed by atoms with Gasteiger partial charge in [0.2, 0.25) is 0 Å². The van der Waals surface area contributed by atoms with Crippen molar-refractivity contribution in [2.24, 2.45) is 0 Å². The second-order valence-electron chi connectivity index (χ2n) is 8.13. The number of hydrogen-bond acceptors (Lipinski definition) is 4. The SMILES string of the molecule is COc1ccc2c(c1OC)C(=O)N(Cc1cccc(CN3Cc4ccccc4C3=O)c1)C2. The van der Waals surface area contributed by atoms with E-state index in [1.54, 1.807) is 14.2 Å². The molecule has 5 rings (SSSR count). The number of ether oxygens (including phenoxy) is 2. The van der Waals surface area contributed by atoms with Gasteiger partial charge in [0, 0.05) is 31.7 Å². The molecule has 0 fully saturated rings. The number of nitrogens with zero attached hydrogens (tertiary/aromatic N) is 2. The van der Waals surface area contributed by atoms with Gasteiger partial charge in [-0.05, 0) is 34.4 Å². The van der Waals surface area contributed by atoms with Crippen molar-refractivity contribution in [3.8, 4) is 11.5 Å². The smallest absolute Gasteiger partial charge is 0.258 e. The third-order valence-corrected chi connectivity index (χ3v) is 6.13. The Kier molecular flexibility index (Phi) is 5.05. The summed E-state index contributed by atoms with van der Waals surface area (Å²) in [6, 6.07) is 19.6. The molecule has 6 nitrogen and oxygen atoms in total. The Morgan fingerprint density at radius 2 is 1.44 bits per heavy atom. The van der Waals surface area contributed by atoms with E-state index in [0.717, 1.165) is 27.8 Å². The standard InChI is InChI=1S/C26H24N2O4/c1-31-22-11-10-20-16-28(26(30)23(20)24(22)32-2)14-18-7-5-6-17(12-18)13-27-15-19-8-3-4-9-21(19)25(27)29/h3-12H,13-16H2,1-2H3. The van der Waals surface area contributed by atoms with Crippen LogP contribution in [0.15, 0.2) is 60.7 Å². The van der Waals surface area contributed by atoms with E-state index in [1.807, 2.05) is 64.4 Å². The van der Waals surface area contributed by atoms with Gasteiger partial charge in [-0.15, -0.1) is 0 Å². The second-order valence-corrected chi connectivity index (χ2v) is 8.13. The maximum Gasteiger partial charge on any atom is 0.258 e. The number of methoxy groups -OCH3 is 2. The maximum atomic E-state index is 13.1. The van der Waals surface area contributed by atoms with Crippen LogP contribution in [-0.4, -0.2) is 35.8 Å². The molecule has 0 saturated heterocycles. The van der Waals surface area contributed by atoms with Gasteiger partial charge < -0.3 is 19.3 Å². The van der Waals surface area contributed by atoms with Crippen molar-refractivity contribution in [1.82, 2.24) is 9.80 Å². The summed E-state index contributed by atoms with van der Waals surface area (Å²) >= 11 is 0. The first-order chi connectivity index (χ1) is 15.6. The lowest BCUT2D eigenvalue weighted by Crippen LogP contribution is -2.24. The van der Waals surface area contributed by atoms with Gasteiger partial charge in [-0.2, -0.15) is 0 Å². The van der Waals surface area contributed by atoms with Crippen molar-refractivity contribution in [3.05, 3.63) is 94.0 Å². The monoisotopic (exact) mass is 428 g/mol. The molecule has 2 aliphatic heterocycles. The zero-order valence-corrected chi connectivity index (χ0v) is 18.1. The largest absolute Gasteiger partial charge is 0.493 e. The minimum atomic E-state index is -0.0636. The van der Waals surface area contributed by atoms with Gasteiger partial charge in [-0.25, -0.2) is 0 Å². The van der Waals surface area contributed by atoms with E-state index in [4.69, 9.17) is 9.47 Å². The summed E-state index contributed by atoms with van der Waals surface area (Å²) in [5.74, 6) is 1.04. The lowest BCUT2D eigenvalue weighted by Gasteiger charge is -2.19. The van der Waals surface area contributed by atoms with Crippen molar-refractivity contribution >= 4 is 11.8 Å². The minimum Gasteiger partial charge on any atom is -0.493 e. The highest BCUT2D eigenvalue weighted by Gasteiger charge is 2.32. The van der Waals surface area contributed by atoms with Crippen LogP contribution in [0, 0.1) is 0 Å². The van der Waals surface area contributed by atoms with Crippen LogP contribution >= 0.6 is 0 Å². The molecule has 0 aromatic heterocycles. The predicted molar refractivity (Wildman–Crippen MR) is 120 cm³/mol. The predicted octanol–water partition coefficient (Wildman–Crippen LogP) is 4.02. The topological polar surface area (TPSA) is 59.1 Å². The summed E-state index contributed by atoms with van der Waals surface area (Å²) in [5, 5.41) is 0. The van der Waals surface area contributed by atoms with Crippen LogP contribution < -0.4 is 9.47 Å². The fourth-order valence-corrected chi connectivity index (χ4v) is 4.61. The lowest BCUT2D eigenvalue weighted by molar-refractivity contribution is 0.0761. The molecule has 6 heteroatoms. The molecule has 0 unspecified atom stereocenters. The van der Waals surface area contributed by atoms with Gasteiger partial charge in [0.1, 0.15) is 0 Å². The van der Waals surface area contributed by atoms with E-state index < -0.39 is 0 Å². The first kappa shape index (κ1) is 20.1. The number of carbonyl (C=O) groups is 2. The van der Waals surface area contributed by atoms with E-state index in [2.05, 4.69) is 6.07 Å². The third-order valence-electron chi connectivity index (χ3n) is 6.13. The highest BCUT2D eigenvalue weighted by Crippen LogP contribution is 2.38. The van der Waals surface area contributed by atoms with Crippen molar-refractivity contribution in [1.29, 1.82) is 0 Å². The van der Waals surface area contributed by atoms with Crippen LogP contribution in [0.2, 0.25) is 0 Å². The zero-order valence-electron chi connectivity index (χ0n) is 18.1. The molecule has 32 heavy (non-hydrogen) atoms. The molecule has 0 radical (unpaired) electrons. The average molecular weight is 428 g/mol. The van der Waals surface area contributed by atoms with Crippen molar-refractivity contribution in [2.45, 2.75) is 26.2 Å². The molecular weight excluding hydrogens is 404 g/mol. The molecule has 0 spiro atoms. The van der Waals surface area contributed by atoms with Gasteiger partial charge in [0.25, 0.3) is 11.8 Å². The molecule has 2 amide bonds. The molecule has 0 saturated carbocycles. The minimum absolute atomic E-state index is 0.0636. The normalized spacial score (nSPS) is 14.6. The second kappa shape index (κ2) is 8.04. The number of amides is 2. The van der Waals surface area contributed by atoms with E-state index in [-0.39, 0.29) is 11.8 Å². The van der Waals surface area contributed by atoms with Crippen LogP contribution in [0.25, 0.3) is 0 Å². The molecule has 3 aromatic carbocycles. The Bertz CT molecular complexity index is 1220. The number of fused-ring (bicyclic) bond motifs is 2. The summed E-state index contributed by atoms with van der Waals surface area (Å²) < 4.78 is 10.8. The first-order valence-corrected chi connectivity index (χ1v) is 10.6. The number of rotatable bonds is 6. The summed E-state index contributed by atoms with van der Waals surface area (Å²) in [6.45, 7) is 2.18. The van der Waals surface area contributed by atoms with E-state index in [1.165, 1.54) is 0 Å². The summed E-state index contributed by atoms with van der Waals surface area (Å²) in [6.07, 6.45) is 0. The number of carbonyl (C=O) groups excluding carboxylic acids is 2. The third kappa shape index (κ3) is 3.38. The van der Waals surface area contributed by atoms with Gasteiger partial charge in [-0.3, -0.25) is 9.59 Å². The Hall–Kier alpha value is -3.80. The fourth-order valence-electron chi connectivity index (χ4n) is 4.61. The molecule has 0 aliphatic carbocycles. The van der Waals surface area contributed by atoms with Gasteiger partial charge in [0.15, 0.2) is 11.5 Å². The van der Waals surface area contributed by atoms with Gasteiger partial charge >= 0.3 is 0 Å². The van der Waals surface area contributed by atoms with Crippen LogP contribution in [0.5, 0.6) is 11.5 Å².